The van der Waals surface area contributed by atoms with Crippen LogP contribution in [0.2, 0.25) is 0 Å². The molecular weight excluding hydrogens is 350 g/mol. The van der Waals surface area contributed by atoms with Crippen molar-refractivity contribution in [3.63, 3.8) is 0 Å². The molecule has 0 aromatic heterocycles. The molecule has 4 rings (SSSR count). The zero-order valence-electron chi connectivity index (χ0n) is 16.8. The van der Waals surface area contributed by atoms with Crippen LogP contribution in [-0.2, 0) is 16.0 Å². The number of nitrogens with one attached hydrogen (secondary N) is 1. The second-order valence-corrected chi connectivity index (χ2v) is 8.65. The summed E-state index contributed by atoms with van der Waals surface area (Å²) in [6.45, 7) is 0. The number of amides is 1. The second-order valence-electron chi connectivity index (χ2n) is 8.65. The molecule has 0 saturated heterocycles. The van der Waals surface area contributed by atoms with E-state index in [1.54, 1.807) is 14.2 Å². The van der Waals surface area contributed by atoms with Gasteiger partial charge >= 0.3 is 0 Å². The maximum atomic E-state index is 13.4. The number of fused-ring (bicyclic) bond motifs is 1. The number of carbonyl (C=O) groups is 1. The summed E-state index contributed by atoms with van der Waals surface area (Å²) in [4.78, 5) is 14.7. The molecule has 2 saturated carbocycles. The SMILES string of the molecule is COC1CCC2(CC1)Cc1ccc(C#CC3CC3)cc1[C@H]2C(=O)N(C)C(=N)N. The molecule has 5 nitrogen and oxygen atoms in total. The average molecular weight is 380 g/mol. The maximum absolute atomic E-state index is 13.4. The number of guanidine groups is 1. The number of hydrogen-bond acceptors (Lipinski definition) is 3. The molecular formula is C23H29N3O2. The Bertz CT molecular complexity index is 854. The van der Waals surface area contributed by atoms with E-state index in [0.29, 0.717) is 5.92 Å². The standard InChI is InChI=1S/C23H29N3O2/c1-26(22(24)25)21(27)20-19-13-16(6-5-15-3-4-15)7-8-17(19)14-23(20)11-9-18(28-2)10-12-23/h7-8,13,15,18,20H,3-4,9-12,14H2,1-2H3,(H3,24,25)/t18?,20-,23?/m0/s1. The molecule has 28 heavy (non-hydrogen) atoms. The van der Waals surface area contributed by atoms with E-state index in [1.807, 2.05) is 0 Å². The predicted octanol–water partition coefficient (Wildman–Crippen LogP) is 3.02. The van der Waals surface area contributed by atoms with Crippen LogP contribution in [0, 0.1) is 28.6 Å². The zero-order chi connectivity index (χ0) is 19.9. The van der Waals surface area contributed by atoms with Gasteiger partial charge < -0.3 is 10.5 Å². The molecule has 0 aliphatic heterocycles. The molecule has 1 spiro atoms. The van der Waals surface area contributed by atoms with Crippen molar-refractivity contribution < 1.29 is 9.53 Å². The molecule has 148 valence electrons. The Kier molecular flexibility index (Phi) is 4.93. The third-order valence-electron chi connectivity index (χ3n) is 6.81. The number of nitrogens with zero attached hydrogens (tertiary/aromatic N) is 1. The molecule has 0 unspecified atom stereocenters. The predicted molar refractivity (Wildman–Crippen MR) is 109 cm³/mol. The third-order valence-corrected chi connectivity index (χ3v) is 6.81. The number of likely N-dealkylation sites (N-methyl/N-ethyl adjacent to an activating group) is 1. The van der Waals surface area contributed by atoms with Crippen LogP contribution in [0.5, 0.6) is 0 Å². The lowest BCUT2D eigenvalue weighted by Crippen LogP contribution is -2.46. The fourth-order valence-corrected chi connectivity index (χ4v) is 4.90. The lowest BCUT2D eigenvalue weighted by atomic mass is 9.65. The first-order valence-electron chi connectivity index (χ1n) is 10.2. The summed E-state index contributed by atoms with van der Waals surface area (Å²) in [6, 6.07) is 6.35. The van der Waals surface area contributed by atoms with E-state index in [4.69, 9.17) is 15.9 Å². The lowest BCUT2D eigenvalue weighted by Gasteiger charge is -2.41. The van der Waals surface area contributed by atoms with Crippen molar-refractivity contribution in [3.8, 4) is 11.8 Å². The van der Waals surface area contributed by atoms with Crippen molar-refractivity contribution in [2.45, 2.75) is 57.0 Å². The number of ether oxygens (including phenoxy) is 1. The second kappa shape index (κ2) is 7.25. The molecule has 3 N–H and O–H groups in total. The van der Waals surface area contributed by atoms with Gasteiger partial charge in [-0.15, -0.1) is 0 Å². The minimum Gasteiger partial charge on any atom is -0.381 e. The van der Waals surface area contributed by atoms with E-state index in [9.17, 15) is 4.79 Å². The Labute approximate surface area is 167 Å². The van der Waals surface area contributed by atoms with Gasteiger partial charge in [0.2, 0.25) is 5.91 Å². The molecule has 1 atom stereocenters. The summed E-state index contributed by atoms with van der Waals surface area (Å²) >= 11 is 0. The van der Waals surface area contributed by atoms with E-state index >= 15 is 0 Å². The van der Waals surface area contributed by atoms with E-state index in [0.717, 1.165) is 43.2 Å². The molecule has 0 heterocycles. The van der Waals surface area contributed by atoms with Crippen molar-refractivity contribution in [2.75, 3.05) is 14.2 Å². The number of rotatable bonds is 2. The van der Waals surface area contributed by atoms with E-state index in [1.165, 1.54) is 23.3 Å². The Morgan fingerprint density at radius 1 is 1.29 bits per heavy atom. The average Bonchev–Trinajstić information content (AvgIpc) is 3.47. The smallest absolute Gasteiger partial charge is 0.237 e. The van der Waals surface area contributed by atoms with Crippen LogP contribution in [0.15, 0.2) is 18.2 Å². The van der Waals surface area contributed by atoms with E-state index in [2.05, 4.69) is 30.0 Å². The minimum absolute atomic E-state index is 0.0746. The first-order chi connectivity index (χ1) is 13.4. The Balaban J connectivity index is 1.71. The largest absolute Gasteiger partial charge is 0.381 e. The van der Waals surface area contributed by atoms with E-state index < -0.39 is 0 Å². The van der Waals surface area contributed by atoms with Gasteiger partial charge in [-0.1, -0.05) is 17.9 Å². The first-order valence-corrected chi connectivity index (χ1v) is 10.2. The van der Waals surface area contributed by atoms with Crippen LogP contribution in [0.1, 0.15) is 61.1 Å². The number of nitrogens with two attached hydrogens (primary N) is 1. The number of methoxy groups -OCH3 is 1. The molecule has 0 radical (unpaired) electrons. The van der Waals surface area contributed by atoms with Gasteiger partial charge in [-0.3, -0.25) is 15.1 Å². The van der Waals surface area contributed by atoms with Crippen molar-refractivity contribution in [3.05, 3.63) is 34.9 Å². The fraction of sp³-hybridized carbons (Fsp3) is 0.565. The molecule has 5 heteroatoms. The summed E-state index contributed by atoms with van der Waals surface area (Å²) in [5.41, 5.74) is 8.84. The van der Waals surface area contributed by atoms with Gasteiger partial charge in [0.15, 0.2) is 5.96 Å². The van der Waals surface area contributed by atoms with Gasteiger partial charge in [0.1, 0.15) is 0 Å². The minimum atomic E-state index is -0.267. The van der Waals surface area contributed by atoms with Crippen molar-refractivity contribution in [1.29, 1.82) is 5.41 Å². The van der Waals surface area contributed by atoms with Crippen molar-refractivity contribution in [1.82, 2.24) is 4.90 Å². The third kappa shape index (κ3) is 3.42. The Hall–Kier alpha value is -2.32. The van der Waals surface area contributed by atoms with Crippen LogP contribution in [0.25, 0.3) is 0 Å². The monoisotopic (exact) mass is 379 g/mol. The summed E-state index contributed by atoms with van der Waals surface area (Å²) < 4.78 is 5.56. The Morgan fingerprint density at radius 3 is 2.61 bits per heavy atom. The van der Waals surface area contributed by atoms with Crippen LogP contribution >= 0.6 is 0 Å². The quantitative estimate of drug-likeness (QED) is 0.471. The van der Waals surface area contributed by atoms with Crippen molar-refractivity contribution in [2.24, 2.45) is 17.1 Å². The normalized spacial score (nSPS) is 28.4. The summed E-state index contributed by atoms with van der Waals surface area (Å²) in [5.74, 6) is 6.61. The number of carbonyl (C=O) groups excluding carboxylic acids is 1. The van der Waals surface area contributed by atoms with Gasteiger partial charge in [-0.05, 0) is 73.6 Å². The highest BCUT2D eigenvalue weighted by molar-refractivity contribution is 5.99. The molecule has 1 aromatic carbocycles. The van der Waals surface area contributed by atoms with Crippen LogP contribution in [0.4, 0.5) is 0 Å². The van der Waals surface area contributed by atoms with Crippen LogP contribution in [-0.4, -0.2) is 37.0 Å². The molecule has 2 fully saturated rings. The topological polar surface area (TPSA) is 79.4 Å². The molecule has 0 bridgehead atoms. The van der Waals surface area contributed by atoms with Gasteiger partial charge in [0.05, 0.1) is 12.0 Å². The van der Waals surface area contributed by atoms with Gasteiger partial charge in [0.25, 0.3) is 0 Å². The number of hydrogen-bond donors (Lipinski definition) is 2. The lowest BCUT2D eigenvalue weighted by molar-refractivity contribution is -0.132. The van der Waals surface area contributed by atoms with Gasteiger partial charge in [-0.25, -0.2) is 0 Å². The summed E-state index contributed by atoms with van der Waals surface area (Å²) in [7, 11) is 3.37. The molecule has 3 aliphatic carbocycles. The van der Waals surface area contributed by atoms with Crippen molar-refractivity contribution >= 4 is 11.9 Å². The first kappa shape index (κ1) is 19.0. The molecule has 1 aromatic rings. The molecule has 1 amide bonds. The van der Waals surface area contributed by atoms with E-state index in [-0.39, 0.29) is 29.3 Å². The highest BCUT2D eigenvalue weighted by Crippen LogP contribution is 2.56. The Morgan fingerprint density at radius 2 is 2.00 bits per heavy atom. The summed E-state index contributed by atoms with van der Waals surface area (Å²) in [5, 5.41) is 7.75. The van der Waals surface area contributed by atoms with Gasteiger partial charge in [-0.2, -0.15) is 0 Å². The van der Waals surface area contributed by atoms with Crippen LogP contribution in [0.3, 0.4) is 0 Å². The zero-order valence-corrected chi connectivity index (χ0v) is 16.8. The maximum Gasteiger partial charge on any atom is 0.237 e. The van der Waals surface area contributed by atoms with Crippen LogP contribution < -0.4 is 5.73 Å². The molecule has 3 aliphatic rings. The highest BCUT2D eigenvalue weighted by Gasteiger charge is 2.52. The summed E-state index contributed by atoms with van der Waals surface area (Å²) in [6.07, 6.45) is 7.40. The fourth-order valence-electron chi connectivity index (χ4n) is 4.90. The highest BCUT2D eigenvalue weighted by atomic mass is 16.5. The van der Waals surface area contributed by atoms with Gasteiger partial charge in [0, 0.05) is 25.6 Å². The number of benzene rings is 1.